The average molecular weight is 222 g/mol. The fourth-order valence-electron chi connectivity index (χ4n) is 1.54. The van der Waals surface area contributed by atoms with Gasteiger partial charge in [-0.3, -0.25) is 0 Å². The quantitative estimate of drug-likeness (QED) is 0.716. The molecule has 1 nitrogen and oxygen atoms in total. The van der Waals surface area contributed by atoms with Crippen molar-refractivity contribution in [1.82, 2.24) is 0 Å². The van der Waals surface area contributed by atoms with Crippen molar-refractivity contribution < 1.29 is 0 Å². The highest BCUT2D eigenvalue weighted by Gasteiger charge is 2.06. The zero-order valence-corrected chi connectivity index (χ0v) is 9.25. The Hall–Kier alpha value is -1.04. The van der Waals surface area contributed by atoms with Crippen molar-refractivity contribution >= 4 is 33.0 Å². The Bertz CT molecular complexity index is 522. The van der Waals surface area contributed by atoms with Gasteiger partial charge in [-0.15, -0.1) is 11.3 Å². The third-order valence-corrected chi connectivity index (χ3v) is 3.57. The monoisotopic (exact) mass is 221 g/mol. The molecule has 0 atom stereocenters. The van der Waals surface area contributed by atoms with E-state index in [1.165, 1.54) is 10.3 Å². The summed E-state index contributed by atoms with van der Waals surface area (Å²) in [6, 6.07) is 6.06. The first-order chi connectivity index (χ1) is 6.72. The Morgan fingerprint density at radius 1 is 1.50 bits per heavy atom. The van der Waals surface area contributed by atoms with Gasteiger partial charge >= 0.3 is 0 Å². The van der Waals surface area contributed by atoms with E-state index in [2.05, 4.69) is 6.07 Å². The molecule has 1 aromatic carbocycles. The highest BCUT2D eigenvalue weighted by atomic mass is 35.5. The molecule has 0 aliphatic carbocycles. The van der Waals surface area contributed by atoms with Crippen molar-refractivity contribution in [3.63, 3.8) is 0 Å². The molecular weight excluding hydrogens is 214 g/mol. The Morgan fingerprint density at radius 3 is 3.00 bits per heavy atom. The molecule has 0 amide bonds. The van der Waals surface area contributed by atoms with Crippen LogP contribution in [-0.2, 0) is 6.42 Å². The molecule has 0 saturated carbocycles. The number of hydrogen-bond donors (Lipinski definition) is 0. The van der Waals surface area contributed by atoms with Crippen LogP contribution in [0.25, 0.3) is 10.1 Å². The number of benzene rings is 1. The highest BCUT2D eigenvalue weighted by Crippen LogP contribution is 2.31. The molecule has 0 bridgehead atoms. The highest BCUT2D eigenvalue weighted by molar-refractivity contribution is 7.17. The molecule has 70 valence electrons. The van der Waals surface area contributed by atoms with Crippen LogP contribution in [0, 0.1) is 18.3 Å². The van der Waals surface area contributed by atoms with Gasteiger partial charge in [-0.25, -0.2) is 0 Å². The summed E-state index contributed by atoms with van der Waals surface area (Å²) < 4.78 is 1.24. The molecule has 14 heavy (non-hydrogen) atoms. The minimum atomic E-state index is 0.458. The first-order valence-corrected chi connectivity index (χ1v) is 5.51. The number of hydrogen-bond acceptors (Lipinski definition) is 2. The lowest BCUT2D eigenvalue weighted by Gasteiger charge is -1.98. The summed E-state index contributed by atoms with van der Waals surface area (Å²) in [6.45, 7) is 2.04. The molecule has 0 aliphatic heterocycles. The van der Waals surface area contributed by atoms with E-state index in [9.17, 15) is 0 Å². The Morgan fingerprint density at radius 2 is 2.29 bits per heavy atom. The smallest absolute Gasteiger partial charge is 0.0670 e. The molecule has 2 rings (SSSR count). The topological polar surface area (TPSA) is 23.8 Å². The molecule has 0 spiro atoms. The second kappa shape index (κ2) is 3.61. The first kappa shape index (κ1) is 9.51. The summed E-state index contributed by atoms with van der Waals surface area (Å²) in [4.78, 5) is 0. The van der Waals surface area contributed by atoms with Crippen LogP contribution in [0.5, 0.6) is 0 Å². The van der Waals surface area contributed by atoms with Crippen LogP contribution < -0.4 is 0 Å². The van der Waals surface area contributed by atoms with Crippen molar-refractivity contribution in [1.29, 1.82) is 5.26 Å². The van der Waals surface area contributed by atoms with Crippen LogP contribution in [-0.4, -0.2) is 0 Å². The van der Waals surface area contributed by atoms with Gasteiger partial charge in [0, 0.05) is 9.72 Å². The van der Waals surface area contributed by atoms with Crippen LogP contribution in [0.2, 0.25) is 5.02 Å². The van der Waals surface area contributed by atoms with Crippen LogP contribution in [0.4, 0.5) is 0 Å². The minimum absolute atomic E-state index is 0.458. The van der Waals surface area contributed by atoms with E-state index in [1.54, 1.807) is 11.3 Å². The van der Waals surface area contributed by atoms with Gasteiger partial charge in [0.25, 0.3) is 0 Å². The third-order valence-electron chi connectivity index (χ3n) is 2.17. The molecule has 3 heteroatoms. The van der Waals surface area contributed by atoms with E-state index in [0.717, 1.165) is 16.0 Å². The van der Waals surface area contributed by atoms with Crippen LogP contribution in [0.15, 0.2) is 17.5 Å². The number of thiophene rings is 1. The lowest BCUT2D eigenvalue weighted by molar-refractivity contribution is 1.30. The van der Waals surface area contributed by atoms with Gasteiger partial charge < -0.3 is 0 Å². The molecule has 1 aromatic heterocycles. The van der Waals surface area contributed by atoms with Gasteiger partial charge in [0.1, 0.15) is 0 Å². The van der Waals surface area contributed by atoms with Crippen LogP contribution in [0.3, 0.4) is 0 Å². The van der Waals surface area contributed by atoms with Crippen LogP contribution >= 0.6 is 22.9 Å². The van der Waals surface area contributed by atoms with Gasteiger partial charge in [0.2, 0.25) is 0 Å². The average Bonchev–Trinajstić information content (AvgIpc) is 2.49. The molecule has 1 heterocycles. The van der Waals surface area contributed by atoms with Crippen molar-refractivity contribution in [2.45, 2.75) is 13.3 Å². The minimum Gasteiger partial charge on any atom is -0.198 e. The second-order valence-electron chi connectivity index (χ2n) is 3.20. The largest absolute Gasteiger partial charge is 0.198 e. The molecule has 0 saturated heterocycles. The van der Waals surface area contributed by atoms with E-state index in [4.69, 9.17) is 16.9 Å². The number of nitrogens with zero attached hydrogens (tertiary/aromatic N) is 1. The van der Waals surface area contributed by atoms with Crippen LogP contribution in [0.1, 0.15) is 11.1 Å². The molecule has 2 aromatic rings. The summed E-state index contributed by atoms with van der Waals surface area (Å²) in [5.41, 5.74) is 2.26. The standard InChI is InChI=1S/C11H8ClNS/c1-7-4-9(12)5-10-8(2-3-13)6-14-11(7)10/h4-6H,2H2,1H3. The molecule has 0 fully saturated rings. The fourth-order valence-corrected chi connectivity index (χ4v) is 2.85. The maximum atomic E-state index is 8.66. The predicted octanol–water partition coefficient (Wildman–Crippen LogP) is 3.93. The van der Waals surface area contributed by atoms with E-state index in [0.29, 0.717) is 6.42 Å². The third kappa shape index (κ3) is 1.50. The van der Waals surface area contributed by atoms with E-state index in [1.807, 2.05) is 24.4 Å². The Balaban J connectivity index is 2.73. The number of aryl methyl sites for hydroxylation is 1. The number of halogens is 1. The summed E-state index contributed by atoms with van der Waals surface area (Å²) >= 11 is 7.65. The van der Waals surface area contributed by atoms with Gasteiger partial charge in [0.15, 0.2) is 0 Å². The Labute approximate surface area is 91.5 Å². The predicted molar refractivity (Wildman–Crippen MR) is 60.9 cm³/mol. The van der Waals surface area contributed by atoms with Crippen molar-refractivity contribution in [3.8, 4) is 6.07 Å². The number of nitriles is 1. The maximum absolute atomic E-state index is 8.66. The molecule has 0 unspecified atom stereocenters. The zero-order chi connectivity index (χ0) is 10.1. The van der Waals surface area contributed by atoms with Crippen molar-refractivity contribution in [2.24, 2.45) is 0 Å². The molecule has 0 radical (unpaired) electrons. The number of fused-ring (bicyclic) bond motifs is 1. The van der Waals surface area contributed by atoms with E-state index < -0.39 is 0 Å². The zero-order valence-electron chi connectivity index (χ0n) is 7.67. The lowest BCUT2D eigenvalue weighted by Crippen LogP contribution is -1.79. The Kier molecular flexibility index (Phi) is 2.45. The normalized spacial score (nSPS) is 10.4. The first-order valence-electron chi connectivity index (χ1n) is 4.25. The fraction of sp³-hybridized carbons (Fsp3) is 0.182. The van der Waals surface area contributed by atoms with Gasteiger partial charge in [-0.1, -0.05) is 11.6 Å². The second-order valence-corrected chi connectivity index (χ2v) is 4.51. The van der Waals surface area contributed by atoms with Crippen molar-refractivity contribution in [2.75, 3.05) is 0 Å². The van der Waals surface area contributed by atoms with E-state index in [-0.39, 0.29) is 0 Å². The lowest BCUT2D eigenvalue weighted by atomic mass is 10.1. The van der Waals surface area contributed by atoms with Gasteiger partial charge in [-0.2, -0.15) is 5.26 Å². The van der Waals surface area contributed by atoms with Crippen molar-refractivity contribution in [3.05, 3.63) is 33.7 Å². The maximum Gasteiger partial charge on any atom is 0.0670 e. The van der Waals surface area contributed by atoms with E-state index >= 15 is 0 Å². The summed E-state index contributed by atoms with van der Waals surface area (Å²) in [5.74, 6) is 0. The summed E-state index contributed by atoms with van der Waals surface area (Å²) in [7, 11) is 0. The summed E-state index contributed by atoms with van der Waals surface area (Å²) in [5, 5.41) is 12.6. The molecule has 0 N–H and O–H groups in total. The summed E-state index contributed by atoms with van der Waals surface area (Å²) in [6.07, 6.45) is 0.458. The van der Waals surface area contributed by atoms with Gasteiger partial charge in [0.05, 0.1) is 12.5 Å². The number of rotatable bonds is 1. The SMILES string of the molecule is Cc1cc(Cl)cc2c(CC#N)csc12. The van der Waals surface area contributed by atoms with Gasteiger partial charge in [-0.05, 0) is 40.9 Å². The molecule has 0 aliphatic rings. The molecular formula is C11H8ClNS.